The topological polar surface area (TPSA) is 8.17 Å². The minimum Gasteiger partial charge on any atom is -0.310 e. The van der Waals surface area contributed by atoms with Gasteiger partial charge in [0.15, 0.2) is 0 Å². The van der Waals surface area contributed by atoms with Crippen molar-refractivity contribution in [3.63, 3.8) is 0 Å². The molecule has 0 N–H and O–H groups in total. The summed E-state index contributed by atoms with van der Waals surface area (Å²) in [6.45, 7) is 0. The predicted octanol–water partition coefficient (Wildman–Crippen LogP) is 14.1. The van der Waals surface area contributed by atoms with Gasteiger partial charge in [0.2, 0.25) is 0 Å². The first-order valence-electron chi connectivity index (χ1n) is 17.4. The normalized spacial score (nSPS) is 11.9. The van der Waals surface area contributed by atoms with E-state index in [9.17, 15) is 0 Å². The standard InChI is InChI=1S/C48H30N2S/c1-2-12-33(13-3-1)50-43-17-8-6-15-39(43)42-30-35(25-28-44(42)50)49(45-18-10-20-47-48(45)40-16-7-9-19-46(40)51-47)34-24-21-32-23-26-37-36-14-5-4-11-31(36)22-27-38(37)41(32)29-34/h1-30H. The van der Waals surface area contributed by atoms with E-state index in [1.807, 2.05) is 11.3 Å². The number of hydrogen-bond acceptors (Lipinski definition) is 2. The molecule has 0 radical (unpaired) electrons. The molecule has 0 amide bonds. The molecule has 0 fully saturated rings. The molecule has 0 atom stereocenters. The number of anilines is 3. The van der Waals surface area contributed by atoms with Crippen LogP contribution in [0.25, 0.3) is 80.0 Å². The van der Waals surface area contributed by atoms with Gasteiger partial charge in [-0.25, -0.2) is 0 Å². The molecule has 11 aromatic rings. The third kappa shape index (κ3) is 4.29. The fourth-order valence-corrected chi connectivity index (χ4v) is 9.40. The highest BCUT2D eigenvalue weighted by molar-refractivity contribution is 7.26. The van der Waals surface area contributed by atoms with Crippen LogP contribution < -0.4 is 4.90 Å². The van der Waals surface area contributed by atoms with Crippen LogP contribution in [0.15, 0.2) is 182 Å². The summed E-state index contributed by atoms with van der Waals surface area (Å²) in [5.41, 5.74) is 7.01. The summed E-state index contributed by atoms with van der Waals surface area (Å²) in [4.78, 5) is 2.48. The van der Waals surface area contributed by atoms with Gasteiger partial charge in [-0.2, -0.15) is 0 Å². The van der Waals surface area contributed by atoms with E-state index < -0.39 is 0 Å². The van der Waals surface area contributed by atoms with Gasteiger partial charge in [-0.1, -0.05) is 115 Å². The highest BCUT2D eigenvalue weighted by Gasteiger charge is 2.21. The zero-order chi connectivity index (χ0) is 33.5. The highest BCUT2D eigenvalue weighted by atomic mass is 32.1. The Morgan fingerprint density at radius 3 is 1.84 bits per heavy atom. The van der Waals surface area contributed by atoms with E-state index in [1.165, 1.54) is 80.0 Å². The summed E-state index contributed by atoms with van der Waals surface area (Å²) in [6.07, 6.45) is 0. The molecule has 0 aliphatic carbocycles. The van der Waals surface area contributed by atoms with E-state index >= 15 is 0 Å². The molecule has 0 saturated carbocycles. The average Bonchev–Trinajstić information content (AvgIpc) is 3.74. The van der Waals surface area contributed by atoms with Crippen molar-refractivity contribution >= 4 is 103 Å². The summed E-state index contributed by atoms with van der Waals surface area (Å²) < 4.78 is 4.98. The molecule has 0 aliphatic heterocycles. The molecule has 2 heterocycles. The van der Waals surface area contributed by atoms with E-state index in [2.05, 4.69) is 191 Å². The van der Waals surface area contributed by atoms with E-state index in [0.29, 0.717) is 0 Å². The van der Waals surface area contributed by atoms with Crippen molar-refractivity contribution in [3.8, 4) is 5.69 Å². The van der Waals surface area contributed by atoms with E-state index in [4.69, 9.17) is 0 Å². The van der Waals surface area contributed by atoms with Crippen LogP contribution in [0.5, 0.6) is 0 Å². The monoisotopic (exact) mass is 666 g/mol. The summed E-state index contributed by atoms with van der Waals surface area (Å²) in [6, 6.07) is 66.8. The Morgan fingerprint density at radius 1 is 0.373 bits per heavy atom. The van der Waals surface area contributed by atoms with Crippen LogP contribution in [0.1, 0.15) is 0 Å². The minimum atomic E-state index is 1.13. The molecule has 0 bridgehead atoms. The first kappa shape index (κ1) is 28.4. The maximum absolute atomic E-state index is 2.48. The second kappa shape index (κ2) is 11.0. The largest absolute Gasteiger partial charge is 0.310 e. The molecule has 9 aromatic carbocycles. The minimum absolute atomic E-state index is 1.13. The number of aromatic nitrogens is 1. The van der Waals surface area contributed by atoms with Crippen molar-refractivity contribution in [2.24, 2.45) is 0 Å². The van der Waals surface area contributed by atoms with Crippen LogP contribution in [0.2, 0.25) is 0 Å². The Hall–Kier alpha value is -6.42. The second-order valence-corrected chi connectivity index (χ2v) is 14.4. The smallest absolute Gasteiger partial charge is 0.0554 e. The third-order valence-electron chi connectivity index (χ3n) is 10.5. The molecule has 0 spiro atoms. The molecule has 51 heavy (non-hydrogen) atoms. The van der Waals surface area contributed by atoms with E-state index in [-0.39, 0.29) is 0 Å². The van der Waals surface area contributed by atoms with Crippen LogP contribution in [0.3, 0.4) is 0 Å². The number of para-hydroxylation sites is 2. The van der Waals surface area contributed by atoms with Gasteiger partial charge in [-0.15, -0.1) is 11.3 Å². The Kier molecular flexibility index (Phi) is 6.16. The fraction of sp³-hybridized carbons (Fsp3) is 0. The van der Waals surface area contributed by atoms with Crippen LogP contribution in [-0.4, -0.2) is 4.57 Å². The van der Waals surface area contributed by atoms with Crippen molar-refractivity contribution in [2.75, 3.05) is 4.90 Å². The number of nitrogens with zero attached hydrogens (tertiary/aromatic N) is 2. The van der Waals surface area contributed by atoms with Gasteiger partial charge in [0.1, 0.15) is 0 Å². The molecule has 11 rings (SSSR count). The molecule has 3 heteroatoms. The second-order valence-electron chi connectivity index (χ2n) is 13.3. The molecule has 0 saturated heterocycles. The lowest BCUT2D eigenvalue weighted by molar-refractivity contribution is 1.18. The lowest BCUT2D eigenvalue weighted by Crippen LogP contribution is -2.10. The summed E-state index contributed by atoms with van der Waals surface area (Å²) in [5, 5.41) is 12.7. The summed E-state index contributed by atoms with van der Waals surface area (Å²) >= 11 is 1.86. The Labute approximate surface area is 298 Å². The third-order valence-corrected chi connectivity index (χ3v) is 11.7. The van der Waals surface area contributed by atoms with Gasteiger partial charge in [-0.05, 0) is 99.0 Å². The number of fused-ring (bicyclic) bond motifs is 11. The Morgan fingerprint density at radius 2 is 0.980 bits per heavy atom. The van der Waals surface area contributed by atoms with Gasteiger partial charge < -0.3 is 9.47 Å². The van der Waals surface area contributed by atoms with Crippen LogP contribution in [0, 0.1) is 0 Å². The molecule has 0 aliphatic rings. The maximum Gasteiger partial charge on any atom is 0.0554 e. The van der Waals surface area contributed by atoms with Gasteiger partial charge in [0, 0.05) is 48.0 Å². The van der Waals surface area contributed by atoms with Crippen molar-refractivity contribution in [3.05, 3.63) is 182 Å². The fourth-order valence-electron chi connectivity index (χ4n) is 8.27. The molecular formula is C48H30N2S. The zero-order valence-corrected chi connectivity index (χ0v) is 28.4. The first-order valence-corrected chi connectivity index (χ1v) is 18.3. The van der Waals surface area contributed by atoms with Crippen LogP contribution in [0.4, 0.5) is 17.1 Å². The van der Waals surface area contributed by atoms with Gasteiger partial charge >= 0.3 is 0 Å². The number of hydrogen-bond donors (Lipinski definition) is 0. The number of benzene rings is 9. The Balaban J connectivity index is 1.22. The molecular weight excluding hydrogens is 637 g/mol. The molecule has 0 unspecified atom stereocenters. The van der Waals surface area contributed by atoms with E-state index in [0.717, 1.165) is 17.1 Å². The van der Waals surface area contributed by atoms with Gasteiger partial charge in [0.05, 0.1) is 16.7 Å². The van der Waals surface area contributed by atoms with E-state index in [1.54, 1.807) is 0 Å². The lowest BCUT2D eigenvalue weighted by Gasteiger charge is -2.27. The van der Waals surface area contributed by atoms with Crippen molar-refractivity contribution in [1.29, 1.82) is 0 Å². The van der Waals surface area contributed by atoms with Crippen molar-refractivity contribution in [2.45, 2.75) is 0 Å². The lowest BCUT2D eigenvalue weighted by atomic mass is 9.96. The van der Waals surface area contributed by atoms with Crippen molar-refractivity contribution < 1.29 is 0 Å². The van der Waals surface area contributed by atoms with Crippen LogP contribution in [-0.2, 0) is 0 Å². The molecule has 238 valence electrons. The maximum atomic E-state index is 2.48. The number of rotatable bonds is 4. The summed E-state index contributed by atoms with van der Waals surface area (Å²) in [7, 11) is 0. The summed E-state index contributed by atoms with van der Waals surface area (Å²) in [5.74, 6) is 0. The van der Waals surface area contributed by atoms with Gasteiger partial charge in [0.25, 0.3) is 0 Å². The van der Waals surface area contributed by atoms with Crippen molar-refractivity contribution in [1.82, 2.24) is 4.57 Å². The quantitative estimate of drug-likeness (QED) is 0.170. The average molecular weight is 667 g/mol. The molecule has 2 nitrogen and oxygen atoms in total. The Bertz CT molecular complexity index is 3150. The molecule has 2 aromatic heterocycles. The highest BCUT2D eigenvalue weighted by Crippen LogP contribution is 2.47. The van der Waals surface area contributed by atoms with Gasteiger partial charge in [-0.3, -0.25) is 0 Å². The first-order chi connectivity index (χ1) is 25.3. The number of thiophene rings is 1. The zero-order valence-electron chi connectivity index (χ0n) is 27.6. The SMILES string of the molecule is c1ccc(-n2c3ccccc3c3cc(N(c4ccc5ccc6c7ccccc7ccc6c5c4)c4cccc5sc6ccccc6c45)ccc32)cc1. The van der Waals surface area contributed by atoms with Crippen LogP contribution >= 0.6 is 11.3 Å². The predicted molar refractivity (Wildman–Crippen MR) is 221 cm³/mol.